The standard InChI is InChI=1S/C28H24ClIN2O5S/c1-16-6-4-5-7-19(16)14-32-27(34)24(38-28(32)35)12-18-10-22(30)26(23(11-18)36-3)37-15-25(33)31-20-9-8-17(2)21(29)13-20/h4-13H,14-15H2,1-3H3,(H,31,33)/b24-12-. The molecular formula is C28H24ClIN2O5S. The van der Waals surface area contributed by atoms with Gasteiger partial charge in [-0.25, -0.2) is 0 Å². The molecule has 1 aliphatic heterocycles. The highest BCUT2D eigenvalue weighted by atomic mass is 127. The Kier molecular flexibility index (Phi) is 9.01. The second kappa shape index (κ2) is 12.2. The van der Waals surface area contributed by atoms with Crippen molar-refractivity contribution in [1.29, 1.82) is 0 Å². The number of carbonyl (C=O) groups is 3. The van der Waals surface area contributed by atoms with Gasteiger partial charge < -0.3 is 14.8 Å². The average molecular weight is 663 g/mol. The van der Waals surface area contributed by atoms with Crippen molar-refractivity contribution in [3.05, 3.63) is 90.3 Å². The zero-order valence-electron chi connectivity index (χ0n) is 20.8. The van der Waals surface area contributed by atoms with Gasteiger partial charge in [-0.3, -0.25) is 19.3 Å². The summed E-state index contributed by atoms with van der Waals surface area (Å²) in [4.78, 5) is 39.6. The van der Waals surface area contributed by atoms with E-state index in [0.717, 1.165) is 28.5 Å². The van der Waals surface area contributed by atoms with Crippen molar-refractivity contribution in [2.45, 2.75) is 20.4 Å². The van der Waals surface area contributed by atoms with Gasteiger partial charge in [0.2, 0.25) is 0 Å². The predicted octanol–water partition coefficient (Wildman–Crippen LogP) is 6.82. The molecule has 0 saturated carbocycles. The lowest BCUT2D eigenvalue weighted by Gasteiger charge is -2.14. The number of hydrogen-bond acceptors (Lipinski definition) is 6. The molecule has 38 heavy (non-hydrogen) atoms. The SMILES string of the molecule is COc1cc(/C=C2\SC(=O)N(Cc3ccccc3C)C2=O)cc(I)c1OCC(=O)Nc1ccc(C)c(Cl)c1. The van der Waals surface area contributed by atoms with Crippen molar-refractivity contribution < 1.29 is 23.9 Å². The number of nitrogens with one attached hydrogen (secondary N) is 1. The van der Waals surface area contributed by atoms with Crippen LogP contribution in [0, 0.1) is 17.4 Å². The van der Waals surface area contributed by atoms with Gasteiger partial charge in [0.15, 0.2) is 18.1 Å². The van der Waals surface area contributed by atoms with Gasteiger partial charge in [0.25, 0.3) is 17.1 Å². The first-order valence-electron chi connectivity index (χ1n) is 11.5. The summed E-state index contributed by atoms with van der Waals surface area (Å²) < 4.78 is 11.9. The van der Waals surface area contributed by atoms with Crippen LogP contribution in [0.3, 0.4) is 0 Å². The van der Waals surface area contributed by atoms with Gasteiger partial charge in [-0.05, 0) is 101 Å². The topological polar surface area (TPSA) is 84.9 Å². The Labute approximate surface area is 243 Å². The fourth-order valence-corrected chi connectivity index (χ4v) is 5.51. The Morgan fingerprint density at radius 2 is 1.87 bits per heavy atom. The second-order valence-corrected chi connectivity index (χ2v) is 11.1. The van der Waals surface area contributed by atoms with Crippen molar-refractivity contribution in [2.75, 3.05) is 19.0 Å². The molecule has 0 aliphatic carbocycles. The average Bonchev–Trinajstić information content (AvgIpc) is 3.13. The summed E-state index contributed by atoms with van der Waals surface area (Å²) in [7, 11) is 1.49. The van der Waals surface area contributed by atoms with E-state index in [0.29, 0.717) is 36.2 Å². The highest BCUT2D eigenvalue weighted by molar-refractivity contribution is 14.1. The van der Waals surface area contributed by atoms with Gasteiger partial charge in [0.1, 0.15) is 0 Å². The summed E-state index contributed by atoms with van der Waals surface area (Å²) in [6.07, 6.45) is 1.66. The van der Waals surface area contributed by atoms with Crippen LogP contribution in [0.5, 0.6) is 11.5 Å². The first-order valence-corrected chi connectivity index (χ1v) is 13.8. The molecule has 1 N–H and O–H groups in total. The lowest BCUT2D eigenvalue weighted by molar-refractivity contribution is -0.123. The second-order valence-electron chi connectivity index (χ2n) is 8.53. The molecule has 1 aliphatic rings. The number of rotatable bonds is 8. The lowest BCUT2D eigenvalue weighted by Crippen LogP contribution is -2.27. The molecule has 3 aromatic rings. The highest BCUT2D eigenvalue weighted by Crippen LogP contribution is 2.38. The van der Waals surface area contributed by atoms with E-state index in [4.69, 9.17) is 21.1 Å². The Bertz CT molecular complexity index is 1460. The number of amides is 3. The number of ether oxygens (including phenoxy) is 2. The number of carbonyl (C=O) groups excluding carboxylic acids is 3. The summed E-state index contributed by atoms with van der Waals surface area (Å²) in [5.74, 6) is 0.100. The molecule has 3 aromatic carbocycles. The van der Waals surface area contributed by atoms with E-state index in [1.807, 2.05) is 44.2 Å². The van der Waals surface area contributed by atoms with E-state index < -0.39 is 0 Å². The molecule has 4 rings (SSSR count). The number of benzene rings is 3. The molecule has 10 heteroatoms. The smallest absolute Gasteiger partial charge is 0.293 e. The van der Waals surface area contributed by atoms with E-state index in [1.165, 1.54) is 12.0 Å². The highest BCUT2D eigenvalue weighted by Gasteiger charge is 2.35. The Morgan fingerprint density at radius 3 is 2.58 bits per heavy atom. The number of imide groups is 1. The van der Waals surface area contributed by atoms with Crippen molar-refractivity contribution in [3.8, 4) is 11.5 Å². The fourth-order valence-electron chi connectivity index (χ4n) is 3.71. The molecule has 1 fully saturated rings. The zero-order chi connectivity index (χ0) is 27.4. The van der Waals surface area contributed by atoms with Crippen LogP contribution in [0.4, 0.5) is 10.5 Å². The monoisotopic (exact) mass is 662 g/mol. The summed E-state index contributed by atoms with van der Waals surface area (Å²) in [6, 6.07) is 16.4. The van der Waals surface area contributed by atoms with Crippen LogP contribution in [-0.4, -0.2) is 35.7 Å². The summed E-state index contributed by atoms with van der Waals surface area (Å²) in [5, 5.41) is 3.00. The predicted molar refractivity (Wildman–Crippen MR) is 159 cm³/mol. The molecule has 3 amide bonds. The summed E-state index contributed by atoms with van der Waals surface area (Å²) in [5.41, 5.74) is 4.09. The van der Waals surface area contributed by atoms with Crippen molar-refractivity contribution in [3.63, 3.8) is 0 Å². The van der Waals surface area contributed by atoms with Crippen molar-refractivity contribution in [1.82, 2.24) is 4.90 Å². The molecule has 1 saturated heterocycles. The number of anilines is 1. The quantitative estimate of drug-likeness (QED) is 0.211. The molecular weight excluding hydrogens is 639 g/mol. The van der Waals surface area contributed by atoms with Crippen LogP contribution in [0.25, 0.3) is 6.08 Å². The third-order valence-corrected chi connectivity index (χ3v) is 7.93. The molecule has 0 atom stereocenters. The van der Waals surface area contributed by atoms with E-state index in [-0.39, 0.29) is 30.2 Å². The molecule has 0 aromatic heterocycles. The molecule has 0 spiro atoms. The molecule has 0 unspecified atom stereocenters. The van der Waals surface area contributed by atoms with Crippen LogP contribution in [0.1, 0.15) is 22.3 Å². The van der Waals surface area contributed by atoms with Gasteiger partial charge in [0.05, 0.1) is 22.1 Å². The molecule has 196 valence electrons. The maximum Gasteiger partial charge on any atom is 0.293 e. The van der Waals surface area contributed by atoms with E-state index in [1.54, 1.807) is 30.3 Å². The van der Waals surface area contributed by atoms with Gasteiger partial charge >= 0.3 is 0 Å². The Hall–Kier alpha value is -3.02. The number of nitrogens with zero attached hydrogens (tertiary/aromatic N) is 1. The molecule has 0 radical (unpaired) electrons. The van der Waals surface area contributed by atoms with Crippen molar-refractivity contribution in [2.24, 2.45) is 0 Å². The molecule has 7 nitrogen and oxygen atoms in total. The van der Waals surface area contributed by atoms with Crippen LogP contribution in [0.15, 0.2) is 59.5 Å². The van der Waals surface area contributed by atoms with Crippen LogP contribution in [-0.2, 0) is 16.1 Å². The molecule has 1 heterocycles. The minimum atomic E-state index is -0.353. The normalized spacial score (nSPS) is 14.2. The van der Waals surface area contributed by atoms with Crippen LogP contribution in [0.2, 0.25) is 5.02 Å². The third-order valence-electron chi connectivity index (χ3n) is 5.82. The maximum atomic E-state index is 13.0. The van der Waals surface area contributed by atoms with Gasteiger partial charge in [-0.2, -0.15) is 0 Å². The Balaban J connectivity index is 1.47. The number of methoxy groups -OCH3 is 1. The van der Waals surface area contributed by atoms with E-state index in [9.17, 15) is 14.4 Å². The Morgan fingerprint density at radius 1 is 1.11 bits per heavy atom. The van der Waals surface area contributed by atoms with Gasteiger partial charge in [-0.15, -0.1) is 0 Å². The minimum Gasteiger partial charge on any atom is -0.493 e. The fraction of sp³-hybridized carbons (Fsp3) is 0.179. The van der Waals surface area contributed by atoms with Gasteiger partial charge in [-0.1, -0.05) is 41.9 Å². The summed E-state index contributed by atoms with van der Waals surface area (Å²) in [6.45, 7) is 3.81. The number of halogens is 2. The number of hydrogen-bond donors (Lipinski definition) is 1. The zero-order valence-corrected chi connectivity index (χ0v) is 24.6. The maximum absolute atomic E-state index is 13.0. The van der Waals surface area contributed by atoms with Gasteiger partial charge in [0, 0.05) is 10.7 Å². The van der Waals surface area contributed by atoms with Crippen LogP contribution >= 0.6 is 46.0 Å². The summed E-state index contributed by atoms with van der Waals surface area (Å²) >= 11 is 9.11. The largest absolute Gasteiger partial charge is 0.493 e. The lowest BCUT2D eigenvalue weighted by atomic mass is 10.1. The first-order chi connectivity index (χ1) is 18.2. The van der Waals surface area contributed by atoms with E-state index >= 15 is 0 Å². The third kappa shape index (κ3) is 6.51. The number of aryl methyl sites for hydroxylation is 2. The number of thioether (sulfide) groups is 1. The molecule has 0 bridgehead atoms. The van der Waals surface area contributed by atoms with E-state index in [2.05, 4.69) is 27.9 Å². The van der Waals surface area contributed by atoms with Crippen molar-refractivity contribution >= 4 is 74.8 Å². The first kappa shape index (κ1) is 28.0. The van der Waals surface area contributed by atoms with Crippen LogP contribution < -0.4 is 14.8 Å². The minimum absolute atomic E-state index is 0.221.